The second-order valence-corrected chi connectivity index (χ2v) is 9.56. The first-order valence-electron chi connectivity index (χ1n) is 8.80. The number of carbonyl (C=O) groups excluding carboxylic acids is 1. The summed E-state index contributed by atoms with van der Waals surface area (Å²) in [6.07, 6.45) is 0. The molecule has 0 unspecified atom stereocenters. The highest BCUT2D eigenvalue weighted by molar-refractivity contribution is 9.10. The zero-order valence-corrected chi connectivity index (χ0v) is 17.5. The number of piperazine rings is 1. The number of anilines is 1. The molecule has 1 heterocycles. The maximum Gasteiger partial charge on any atom is 0.279 e. The van der Waals surface area contributed by atoms with Crippen LogP contribution in [0.2, 0.25) is 0 Å². The normalized spacial score (nSPS) is 16.2. The Hall–Kier alpha value is -1.74. The Morgan fingerprint density at radius 3 is 2.44 bits per heavy atom. The molecule has 8 heteroatoms. The van der Waals surface area contributed by atoms with Crippen LogP contribution >= 0.6 is 15.9 Å². The number of nitrogens with one attached hydrogen (secondary N) is 2. The summed E-state index contributed by atoms with van der Waals surface area (Å²) < 4.78 is 27.9. The molecular formula is C19H23BrN3O3S+. The highest BCUT2D eigenvalue weighted by atomic mass is 79.9. The van der Waals surface area contributed by atoms with Crippen LogP contribution in [-0.2, 0) is 14.8 Å². The van der Waals surface area contributed by atoms with Gasteiger partial charge in [0, 0.05) is 10.2 Å². The number of halogens is 1. The highest BCUT2D eigenvalue weighted by Gasteiger charge is 2.31. The monoisotopic (exact) mass is 452 g/mol. The maximum atomic E-state index is 12.7. The Balaban J connectivity index is 1.54. The molecule has 3 rings (SSSR count). The zero-order chi connectivity index (χ0) is 19.4. The summed E-state index contributed by atoms with van der Waals surface area (Å²) in [5, 5.41) is 2.88. The van der Waals surface area contributed by atoms with Crippen LogP contribution in [0.4, 0.5) is 5.69 Å². The minimum atomic E-state index is -3.47. The van der Waals surface area contributed by atoms with Gasteiger partial charge in [-0.05, 0) is 37.3 Å². The smallest absolute Gasteiger partial charge is 0.279 e. The molecule has 0 atom stereocenters. The summed E-state index contributed by atoms with van der Waals surface area (Å²) in [5.74, 6) is -0.0714. The predicted octanol–water partition coefficient (Wildman–Crippen LogP) is 1.29. The number of benzene rings is 2. The predicted molar refractivity (Wildman–Crippen MR) is 108 cm³/mol. The van der Waals surface area contributed by atoms with Gasteiger partial charge in [-0.1, -0.05) is 39.7 Å². The van der Waals surface area contributed by atoms with Gasteiger partial charge in [-0.3, -0.25) is 4.79 Å². The van der Waals surface area contributed by atoms with Gasteiger partial charge in [-0.2, -0.15) is 4.31 Å². The second-order valence-electron chi connectivity index (χ2n) is 6.70. The van der Waals surface area contributed by atoms with E-state index in [2.05, 4.69) is 21.2 Å². The molecule has 0 saturated carbocycles. The Morgan fingerprint density at radius 1 is 1.15 bits per heavy atom. The topological polar surface area (TPSA) is 70.9 Å². The Morgan fingerprint density at radius 2 is 1.81 bits per heavy atom. The summed E-state index contributed by atoms with van der Waals surface area (Å²) in [6.45, 7) is 4.29. The fourth-order valence-corrected chi connectivity index (χ4v) is 4.92. The van der Waals surface area contributed by atoms with E-state index in [1.165, 1.54) is 4.31 Å². The average molecular weight is 453 g/mol. The highest BCUT2D eigenvalue weighted by Crippen LogP contribution is 2.17. The number of nitrogens with zero attached hydrogens (tertiary/aromatic N) is 1. The van der Waals surface area contributed by atoms with Gasteiger partial charge in [0.05, 0.1) is 31.1 Å². The van der Waals surface area contributed by atoms with Crippen LogP contribution in [0.25, 0.3) is 0 Å². The fourth-order valence-electron chi connectivity index (χ4n) is 3.08. The molecule has 0 aromatic heterocycles. The molecule has 0 bridgehead atoms. The molecule has 1 aliphatic heterocycles. The van der Waals surface area contributed by atoms with E-state index in [0.29, 0.717) is 37.6 Å². The number of hydrogen-bond acceptors (Lipinski definition) is 3. The van der Waals surface area contributed by atoms with Crippen molar-refractivity contribution in [3.63, 3.8) is 0 Å². The molecule has 6 nitrogen and oxygen atoms in total. The van der Waals surface area contributed by atoms with Crippen molar-refractivity contribution in [2.45, 2.75) is 11.8 Å². The van der Waals surface area contributed by atoms with E-state index in [0.717, 1.165) is 20.6 Å². The van der Waals surface area contributed by atoms with Crippen LogP contribution in [0.3, 0.4) is 0 Å². The number of carbonyl (C=O) groups is 1. The van der Waals surface area contributed by atoms with Crippen LogP contribution < -0.4 is 10.2 Å². The fraction of sp³-hybridized carbons (Fsp3) is 0.316. The van der Waals surface area contributed by atoms with E-state index in [1.807, 2.05) is 31.2 Å². The SMILES string of the molecule is Cc1ccc(S(=O)(=O)N2CC[NH+](CC(=O)Nc3cccc(Br)c3)CC2)cc1. The van der Waals surface area contributed by atoms with E-state index >= 15 is 0 Å². The lowest BCUT2D eigenvalue weighted by molar-refractivity contribution is -0.895. The van der Waals surface area contributed by atoms with Gasteiger partial charge in [-0.25, -0.2) is 8.42 Å². The Bertz CT molecular complexity index is 908. The molecular weight excluding hydrogens is 430 g/mol. The van der Waals surface area contributed by atoms with Crippen molar-refractivity contribution in [2.75, 3.05) is 38.0 Å². The summed E-state index contributed by atoms with van der Waals surface area (Å²) in [5.41, 5.74) is 1.77. The minimum Gasteiger partial charge on any atom is -0.325 e. The van der Waals surface area contributed by atoms with Gasteiger partial charge in [0.15, 0.2) is 6.54 Å². The zero-order valence-electron chi connectivity index (χ0n) is 15.1. The van der Waals surface area contributed by atoms with Crippen LogP contribution in [0.15, 0.2) is 57.9 Å². The lowest BCUT2D eigenvalue weighted by Gasteiger charge is -2.31. The largest absolute Gasteiger partial charge is 0.325 e. The molecule has 0 aliphatic carbocycles. The average Bonchev–Trinajstić information content (AvgIpc) is 2.62. The molecule has 2 aromatic carbocycles. The number of hydrogen-bond donors (Lipinski definition) is 2. The third-order valence-corrected chi connectivity index (χ3v) is 7.01. The quantitative estimate of drug-likeness (QED) is 0.717. The summed E-state index contributed by atoms with van der Waals surface area (Å²) >= 11 is 3.38. The Labute approximate surface area is 168 Å². The van der Waals surface area contributed by atoms with E-state index in [-0.39, 0.29) is 5.91 Å². The molecule has 1 amide bonds. The van der Waals surface area contributed by atoms with E-state index in [1.54, 1.807) is 24.3 Å². The maximum absolute atomic E-state index is 12.7. The molecule has 0 radical (unpaired) electrons. The van der Waals surface area contributed by atoms with Crippen LogP contribution in [0.1, 0.15) is 5.56 Å². The van der Waals surface area contributed by atoms with Crippen LogP contribution in [-0.4, -0.2) is 51.4 Å². The summed E-state index contributed by atoms with van der Waals surface area (Å²) in [7, 11) is -3.47. The van der Waals surface area contributed by atoms with Crippen molar-refractivity contribution in [1.29, 1.82) is 0 Å². The van der Waals surface area contributed by atoms with Crippen molar-refractivity contribution < 1.29 is 18.1 Å². The first-order valence-corrected chi connectivity index (χ1v) is 11.0. The molecule has 144 valence electrons. The van der Waals surface area contributed by atoms with Gasteiger partial charge in [-0.15, -0.1) is 0 Å². The van der Waals surface area contributed by atoms with Crippen molar-refractivity contribution in [1.82, 2.24) is 4.31 Å². The lowest BCUT2D eigenvalue weighted by Crippen LogP contribution is -3.15. The number of sulfonamides is 1. The third-order valence-electron chi connectivity index (χ3n) is 4.61. The molecule has 1 saturated heterocycles. The lowest BCUT2D eigenvalue weighted by atomic mass is 10.2. The van der Waals surface area contributed by atoms with Crippen LogP contribution in [0.5, 0.6) is 0 Å². The second kappa shape index (κ2) is 8.52. The van der Waals surface area contributed by atoms with Gasteiger partial charge in [0.1, 0.15) is 0 Å². The van der Waals surface area contributed by atoms with Gasteiger partial charge >= 0.3 is 0 Å². The number of rotatable bonds is 5. The molecule has 2 N–H and O–H groups in total. The van der Waals surface area contributed by atoms with Crippen molar-refractivity contribution >= 4 is 37.5 Å². The molecule has 2 aromatic rings. The summed E-state index contributed by atoms with van der Waals surface area (Å²) in [6, 6.07) is 14.4. The first kappa shape index (κ1) is 20.0. The van der Waals surface area contributed by atoms with Crippen molar-refractivity contribution in [3.05, 3.63) is 58.6 Å². The van der Waals surface area contributed by atoms with E-state index < -0.39 is 10.0 Å². The minimum absolute atomic E-state index is 0.0714. The molecule has 27 heavy (non-hydrogen) atoms. The standard InChI is InChI=1S/C19H22BrN3O3S/c1-15-5-7-18(8-6-15)27(25,26)23-11-9-22(10-12-23)14-19(24)21-17-4-2-3-16(20)13-17/h2-8,13H,9-12,14H2,1H3,(H,21,24)/p+1. The summed E-state index contributed by atoms with van der Waals surface area (Å²) in [4.78, 5) is 13.6. The van der Waals surface area contributed by atoms with E-state index in [9.17, 15) is 13.2 Å². The molecule has 0 spiro atoms. The number of amides is 1. The number of aryl methyl sites for hydroxylation is 1. The Kier molecular flexibility index (Phi) is 6.31. The van der Waals surface area contributed by atoms with Gasteiger partial charge < -0.3 is 10.2 Å². The van der Waals surface area contributed by atoms with Crippen molar-refractivity contribution in [2.24, 2.45) is 0 Å². The van der Waals surface area contributed by atoms with Gasteiger partial charge in [0.25, 0.3) is 5.91 Å². The number of quaternary nitrogens is 1. The van der Waals surface area contributed by atoms with Crippen molar-refractivity contribution in [3.8, 4) is 0 Å². The third kappa shape index (κ3) is 5.16. The van der Waals surface area contributed by atoms with E-state index in [4.69, 9.17) is 0 Å². The van der Waals surface area contributed by atoms with Gasteiger partial charge in [0.2, 0.25) is 10.0 Å². The van der Waals surface area contributed by atoms with Crippen LogP contribution in [0, 0.1) is 6.92 Å². The molecule has 1 aliphatic rings. The first-order chi connectivity index (χ1) is 12.8. The molecule has 1 fully saturated rings.